The fourth-order valence-electron chi connectivity index (χ4n) is 3.70. The average molecular weight is 343 g/mol. The van der Waals surface area contributed by atoms with Gasteiger partial charge < -0.3 is 9.30 Å². The number of nitrogens with one attached hydrogen (secondary N) is 1. The van der Waals surface area contributed by atoms with Crippen molar-refractivity contribution in [2.75, 3.05) is 18.5 Å². The molecule has 1 aliphatic carbocycles. The van der Waals surface area contributed by atoms with E-state index in [1.807, 2.05) is 25.1 Å². The highest BCUT2D eigenvalue weighted by Crippen LogP contribution is 2.27. The van der Waals surface area contributed by atoms with E-state index >= 15 is 0 Å². The van der Waals surface area contributed by atoms with Crippen LogP contribution in [-0.2, 0) is 16.1 Å². The number of hydrogen-bond donors (Lipinski definition) is 1. The molecule has 0 aliphatic heterocycles. The smallest absolute Gasteiger partial charge is 0.226 e. The number of amides is 1. The fraction of sp³-hybridized carbons (Fsp3) is 0.600. The molecule has 1 aromatic carbocycles. The molecule has 136 valence electrons. The maximum Gasteiger partial charge on any atom is 0.226 e. The van der Waals surface area contributed by atoms with Crippen LogP contribution in [0.4, 0.5) is 5.95 Å². The molecular formula is C20H29N3O2. The monoisotopic (exact) mass is 343 g/mol. The molecule has 1 aliphatic rings. The van der Waals surface area contributed by atoms with Gasteiger partial charge in [0.1, 0.15) is 0 Å². The van der Waals surface area contributed by atoms with Gasteiger partial charge in [0.2, 0.25) is 11.9 Å². The number of carbonyl (C=O) groups excluding carboxylic acids is 1. The van der Waals surface area contributed by atoms with Crippen LogP contribution in [0, 0.1) is 5.92 Å². The number of imidazole rings is 1. The lowest BCUT2D eigenvalue weighted by molar-refractivity contribution is -0.117. The van der Waals surface area contributed by atoms with Gasteiger partial charge in [-0.05, 0) is 44.2 Å². The first-order valence-corrected chi connectivity index (χ1v) is 9.60. The molecule has 0 saturated heterocycles. The summed E-state index contributed by atoms with van der Waals surface area (Å²) in [5, 5.41) is 3.06. The molecule has 1 heterocycles. The molecule has 0 bridgehead atoms. The number of hydrogen-bond acceptors (Lipinski definition) is 3. The minimum Gasteiger partial charge on any atom is -0.382 e. The van der Waals surface area contributed by atoms with E-state index in [9.17, 15) is 4.79 Å². The molecule has 0 unspecified atom stereocenters. The van der Waals surface area contributed by atoms with Crippen LogP contribution in [0.1, 0.15) is 51.9 Å². The van der Waals surface area contributed by atoms with Gasteiger partial charge in [0, 0.05) is 26.2 Å². The number of rotatable bonds is 8. The number of nitrogens with zero attached hydrogens (tertiary/aromatic N) is 2. The van der Waals surface area contributed by atoms with Crippen molar-refractivity contribution in [2.24, 2.45) is 5.92 Å². The molecule has 5 heteroatoms. The van der Waals surface area contributed by atoms with Crippen LogP contribution in [0.2, 0.25) is 0 Å². The second-order valence-electron chi connectivity index (χ2n) is 6.88. The number of fused-ring (bicyclic) bond motifs is 1. The van der Waals surface area contributed by atoms with E-state index in [-0.39, 0.29) is 5.91 Å². The molecule has 1 saturated carbocycles. The van der Waals surface area contributed by atoms with E-state index in [0.717, 1.165) is 37.2 Å². The third kappa shape index (κ3) is 4.82. The summed E-state index contributed by atoms with van der Waals surface area (Å²) in [5.74, 6) is 1.29. The first-order chi connectivity index (χ1) is 12.3. The fourth-order valence-corrected chi connectivity index (χ4v) is 3.70. The molecule has 3 rings (SSSR count). The molecule has 0 radical (unpaired) electrons. The van der Waals surface area contributed by atoms with Gasteiger partial charge in [-0.1, -0.05) is 31.4 Å². The van der Waals surface area contributed by atoms with Gasteiger partial charge in [-0.3, -0.25) is 10.1 Å². The van der Waals surface area contributed by atoms with Gasteiger partial charge in [-0.25, -0.2) is 4.98 Å². The van der Waals surface area contributed by atoms with Crippen LogP contribution in [0.15, 0.2) is 24.3 Å². The van der Waals surface area contributed by atoms with E-state index in [4.69, 9.17) is 4.74 Å². The maximum atomic E-state index is 12.5. The van der Waals surface area contributed by atoms with Crippen molar-refractivity contribution in [1.82, 2.24) is 9.55 Å². The van der Waals surface area contributed by atoms with Gasteiger partial charge in [0.15, 0.2) is 0 Å². The second kappa shape index (κ2) is 8.99. The molecule has 0 spiro atoms. The lowest BCUT2D eigenvalue weighted by Gasteiger charge is -2.20. The summed E-state index contributed by atoms with van der Waals surface area (Å²) in [5.41, 5.74) is 1.99. The Morgan fingerprint density at radius 1 is 1.28 bits per heavy atom. The summed E-state index contributed by atoms with van der Waals surface area (Å²) in [6, 6.07) is 8.04. The normalized spacial score (nSPS) is 15.6. The van der Waals surface area contributed by atoms with Crippen LogP contribution in [-0.4, -0.2) is 28.7 Å². The minimum atomic E-state index is 0.0910. The molecule has 1 amide bonds. The van der Waals surface area contributed by atoms with Gasteiger partial charge in [0.05, 0.1) is 11.0 Å². The number of para-hydroxylation sites is 2. The molecular weight excluding hydrogens is 314 g/mol. The first-order valence-electron chi connectivity index (χ1n) is 9.60. The summed E-state index contributed by atoms with van der Waals surface area (Å²) in [6.45, 7) is 4.25. The van der Waals surface area contributed by atoms with Gasteiger partial charge in [0.25, 0.3) is 0 Å². The van der Waals surface area contributed by atoms with Crippen molar-refractivity contribution < 1.29 is 9.53 Å². The Labute approximate surface area is 149 Å². The van der Waals surface area contributed by atoms with Crippen LogP contribution >= 0.6 is 0 Å². The summed E-state index contributed by atoms with van der Waals surface area (Å²) in [4.78, 5) is 17.1. The number of ether oxygens (including phenoxy) is 1. The summed E-state index contributed by atoms with van der Waals surface area (Å²) < 4.78 is 7.55. The predicted molar refractivity (Wildman–Crippen MR) is 101 cm³/mol. The molecule has 1 N–H and O–H groups in total. The largest absolute Gasteiger partial charge is 0.382 e. The van der Waals surface area contributed by atoms with Crippen LogP contribution < -0.4 is 5.32 Å². The molecule has 1 aromatic heterocycles. The van der Waals surface area contributed by atoms with Crippen molar-refractivity contribution in [1.29, 1.82) is 0 Å². The highest BCUT2D eigenvalue weighted by molar-refractivity contribution is 5.91. The van der Waals surface area contributed by atoms with Gasteiger partial charge >= 0.3 is 0 Å². The second-order valence-corrected chi connectivity index (χ2v) is 6.88. The molecule has 5 nitrogen and oxygen atoms in total. The number of benzene rings is 1. The predicted octanol–water partition coefficient (Wildman–Crippen LogP) is 4.37. The molecule has 1 fully saturated rings. The van der Waals surface area contributed by atoms with Crippen molar-refractivity contribution in [3.63, 3.8) is 0 Å². The average Bonchev–Trinajstić information content (AvgIpc) is 2.96. The van der Waals surface area contributed by atoms with E-state index in [2.05, 4.69) is 20.9 Å². The Morgan fingerprint density at radius 2 is 2.08 bits per heavy atom. The van der Waals surface area contributed by atoms with E-state index in [0.29, 0.717) is 18.3 Å². The topological polar surface area (TPSA) is 56.1 Å². The quantitative estimate of drug-likeness (QED) is 0.724. The SMILES string of the molecule is CCOCCCn1c(NC(=O)CC2CCCCC2)nc2ccccc21. The van der Waals surface area contributed by atoms with Crippen LogP contribution in [0.5, 0.6) is 0 Å². The first kappa shape index (κ1) is 17.9. The third-order valence-electron chi connectivity index (χ3n) is 4.98. The van der Waals surface area contributed by atoms with E-state index in [1.54, 1.807) is 0 Å². The molecule has 2 aromatic rings. The zero-order valence-corrected chi connectivity index (χ0v) is 15.2. The van der Waals surface area contributed by atoms with Gasteiger partial charge in [-0.15, -0.1) is 0 Å². The van der Waals surface area contributed by atoms with E-state index < -0.39 is 0 Å². The Morgan fingerprint density at radius 3 is 2.88 bits per heavy atom. The van der Waals surface area contributed by atoms with Crippen molar-refractivity contribution in [2.45, 2.75) is 58.4 Å². The highest BCUT2D eigenvalue weighted by Gasteiger charge is 2.19. The molecule has 0 atom stereocenters. The summed E-state index contributed by atoms with van der Waals surface area (Å²) in [7, 11) is 0. The van der Waals surface area contributed by atoms with Crippen LogP contribution in [0.3, 0.4) is 0 Å². The number of carbonyl (C=O) groups is 1. The zero-order valence-electron chi connectivity index (χ0n) is 15.2. The Hall–Kier alpha value is -1.88. The Kier molecular flexibility index (Phi) is 6.45. The Balaban J connectivity index is 1.69. The number of aromatic nitrogens is 2. The Bertz CT molecular complexity index is 689. The summed E-state index contributed by atoms with van der Waals surface area (Å²) >= 11 is 0. The van der Waals surface area contributed by atoms with Gasteiger partial charge in [-0.2, -0.15) is 0 Å². The van der Waals surface area contributed by atoms with Crippen molar-refractivity contribution >= 4 is 22.9 Å². The lowest BCUT2D eigenvalue weighted by Crippen LogP contribution is -2.20. The van der Waals surface area contributed by atoms with Crippen molar-refractivity contribution in [3.8, 4) is 0 Å². The maximum absolute atomic E-state index is 12.5. The third-order valence-corrected chi connectivity index (χ3v) is 4.98. The highest BCUT2D eigenvalue weighted by atomic mass is 16.5. The van der Waals surface area contributed by atoms with Crippen molar-refractivity contribution in [3.05, 3.63) is 24.3 Å². The molecule has 25 heavy (non-hydrogen) atoms. The summed E-state index contributed by atoms with van der Waals surface area (Å²) in [6.07, 6.45) is 7.70. The minimum absolute atomic E-state index is 0.0910. The zero-order chi connectivity index (χ0) is 17.5. The number of aryl methyl sites for hydroxylation is 1. The van der Waals surface area contributed by atoms with E-state index in [1.165, 1.54) is 32.1 Å². The number of anilines is 1. The van der Waals surface area contributed by atoms with Crippen LogP contribution in [0.25, 0.3) is 11.0 Å². The lowest BCUT2D eigenvalue weighted by atomic mass is 9.87. The standard InChI is InChI=1S/C20H29N3O2/c1-2-25-14-8-13-23-18-12-7-6-11-17(18)21-20(23)22-19(24)15-16-9-4-3-5-10-16/h6-7,11-12,16H,2-5,8-10,13-15H2,1H3,(H,21,22,24).